The Morgan fingerprint density at radius 1 is 1.12 bits per heavy atom. The first kappa shape index (κ1) is 24.7. The maximum absolute atomic E-state index is 13.4. The number of rotatable bonds is 7. The highest BCUT2D eigenvalue weighted by Gasteiger charge is 2.31. The lowest BCUT2D eigenvalue weighted by Crippen LogP contribution is -2.43. The molecule has 0 aromatic heterocycles. The number of nitrogens with zero attached hydrogens (tertiary/aromatic N) is 1. The summed E-state index contributed by atoms with van der Waals surface area (Å²) in [4.78, 5) is 26.7. The third kappa shape index (κ3) is 5.53. The number of carboxylic acids is 1. The van der Waals surface area contributed by atoms with Crippen LogP contribution < -0.4 is 9.47 Å². The number of carboxylic acid groups (broad SMARTS) is 1. The zero-order valence-electron chi connectivity index (χ0n) is 19.3. The molecule has 2 aromatic carbocycles. The Morgan fingerprint density at radius 3 is 2.33 bits per heavy atom. The van der Waals surface area contributed by atoms with Crippen LogP contribution in [0.1, 0.15) is 54.1 Å². The first-order valence-electron chi connectivity index (χ1n) is 10.9. The molecule has 2 N–H and O–H groups in total. The van der Waals surface area contributed by atoms with Gasteiger partial charge in [-0.1, -0.05) is 31.5 Å². The highest BCUT2D eigenvalue weighted by molar-refractivity contribution is 6.33. The third-order valence-corrected chi connectivity index (χ3v) is 6.44. The van der Waals surface area contributed by atoms with E-state index >= 15 is 0 Å². The van der Waals surface area contributed by atoms with Gasteiger partial charge in [0.05, 0.1) is 24.8 Å². The molecule has 8 heteroatoms. The number of phenolic OH excluding ortho intramolecular Hbond substituents is 1. The van der Waals surface area contributed by atoms with Crippen molar-refractivity contribution in [2.45, 2.75) is 32.6 Å². The summed E-state index contributed by atoms with van der Waals surface area (Å²) in [6.07, 6.45) is 1.14. The van der Waals surface area contributed by atoms with Gasteiger partial charge in [0.2, 0.25) is 5.91 Å². The van der Waals surface area contributed by atoms with Gasteiger partial charge in [-0.3, -0.25) is 4.79 Å². The van der Waals surface area contributed by atoms with Crippen LogP contribution in [-0.4, -0.2) is 54.3 Å². The van der Waals surface area contributed by atoms with Crippen LogP contribution in [0.15, 0.2) is 30.3 Å². The molecule has 3 unspecified atom stereocenters. The fourth-order valence-corrected chi connectivity index (χ4v) is 4.97. The van der Waals surface area contributed by atoms with Crippen molar-refractivity contribution in [3.8, 4) is 17.2 Å². The van der Waals surface area contributed by atoms with Crippen LogP contribution in [0.5, 0.6) is 17.2 Å². The van der Waals surface area contributed by atoms with Gasteiger partial charge in [-0.05, 0) is 36.0 Å². The Bertz CT molecular complexity index is 1030. The predicted octanol–water partition coefficient (Wildman–Crippen LogP) is 4.79. The number of phenols is 1. The SMILES string of the molecule is COc1cc(O)c(C(CC(=O)N2CC(C)CC(C)C2)c2ccc(C(=O)O)c(Cl)c2)c(OC)c1. The summed E-state index contributed by atoms with van der Waals surface area (Å²) in [5, 5.41) is 20.3. The Balaban J connectivity index is 2.07. The number of methoxy groups -OCH3 is 2. The van der Waals surface area contributed by atoms with Gasteiger partial charge in [0.15, 0.2) is 0 Å². The summed E-state index contributed by atoms with van der Waals surface area (Å²) in [7, 11) is 2.96. The number of ether oxygens (including phenoxy) is 2. The summed E-state index contributed by atoms with van der Waals surface area (Å²) in [6, 6.07) is 7.68. The molecule has 1 aliphatic heterocycles. The smallest absolute Gasteiger partial charge is 0.337 e. The third-order valence-electron chi connectivity index (χ3n) is 6.12. The van der Waals surface area contributed by atoms with Crippen LogP contribution in [0.2, 0.25) is 5.02 Å². The van der Waals surface area contributed by atoms with Gasteiger partial charge in [0.1, 0.15) is 17.2 Å². The van der Waals surface area contributed by atoms with E-state index in [-0.39, 0.29) is 28.7 Å². The largest absolute Gasteiger partial charge is 0.507 e. The average Bonchev–Trinajstić information content (AvgIpc) is 2.76. The van der Waals surface area contributed by atoms with E-state index in [1.165, 1.54) is 32.4 Å². The number of piperidine rings is 1. The molecule has 33 heavy (non-hydrogen) atoms. The van der Waals surface area contributed by atoms with Crippen molar-refractivity contribution in [3.63, 3.8) is 0 Å². The van der Waals surface area contributed by atoms with Crippen molar-refractivity contribution in [1.29, 1.82) is 0 Å². The molecular formula is C25H30ClNO6. The van der Waals surface area contributed by atoms with Crippen molar-refractivity contribution in [2.75, 3.05) is 27.3 Å². The van der Waals surface area contributed by atoms with E-state index in [0.29, 0.717) is 47.6 Å². The second-order valence-corrected chi connectivity index (χ2v) is 9.22. The van der Waals surface area contributed by atoms with Crippen molar-refractivity contribution in [3.05, 3.63) is 52.0 Å². The van der Waals surface area contributed by atoms with Gasteiger partial charge in [-0.15, -0.1) is 0 Å². The first-order chi connectivity index (χ1) is 15.6. The number of hydrogen-bond acceptors (Lipinski definition) is 5. The minimum Gasteiger partial charge on any atom is -0.507 e. The Hall–Kier alpha value is -2.93. The zero-order valence-corrected chi connectivity index (χ0v) is 20.1. The van der Waals surface area contributed by atoms with Crippen molar-refractivity contribution in [2.24, 2.45) is 11.8 Å². The van der Waals surface area contributed by atoms with E-state index in [0.717, 1.165) is 6.42 Å². The second kappa shape index (κ2) is 10.3. The minimum atomic E-state index is -1.14. The van der Waals surface area contributed by atoms with Crippen LogP contribution in [0, 0.1) is 11.8 Å². The number of aromatic carboxylic acids is 1. The number of benzene rings is 2. The summed E-state index contributed by atoms with van der Waals surface area (Å²) in [6.45, 7) is 5.63. The molecule has 3 rings (SSSR count). The summed E-state index contributed by atoms with van der Waals surface area (Å²) < 4.78 is 10.8. The molecule has 178 valence electrons. The van der Waals surface area contributed by atoms with Gasteiger partial charge in [-0.25, -0.2) is 4.79 Å². The van der Waals surface area contributed by atoms with E-state index < -0.39 is 11.9 Å². The van der Waals surface area contributed by atoms with E-state index in [1.807, 2.05) is 4.90 Å². The van der Waals surface area contributed by atoms with Crippen molar-refractivity contribution < 1.29 is 29.3 Å². The predicted molar refractivity (Wildman–Crippen MR) is 126 cm³/mol. The molecular weight excluding hydrogens is 446 g/mol. The quantitative estimate of drug-likeness (QED) is 0.597. The highest BCUT2D eigenvalue weighted by Crippen LogP contribution is 2.44. The number of likely N-dealkylation sites (tertiary alicyclic amines) is 1. The summed E-state index contributed by atoms with van der Waals surface area (Å²) >= 11 is 6.25. The van der Waals surface area contributed by atoms with E-state index in [1.54, 1.807) is 12.1 Å². The molecule has 0 spiro atoms. The number of halogens is 1. The average molecular weight is 476 g/mol. The maximum Gasteiger partial charge on any atom is 0.337 e. The fourth-order valence-electron chi connectivity index (χ4n) is 4.70. The fraction of sp³-hybridized carbons (Fsp3) is 0.440. The molecule has 0 aliphatic carbocycles. The molecule has 0 radical (unpaired) electrons. The van der Waals surface area contributed by atoms with Crippen molar-refractivity contribution >= 4 is 23.5 Å². The van der Waals surface area contributed by atoms with E-state index in [4.69, 9.17) is 21.1 Å². The molecule has 1 heterocycles. The zero-order chi connectivity index (χ0) is 24.3. The number of aromatic hydroxyl groups is 1. The molecule has 3 atom stereocenters. The molecule has 7 nitrogen and oxygen atoms in total. The van der Waals surface area contributed by atoms with Gasteiger partial charge < -0.3 is 24.6 Å². The van der Waals surface area contributed by atoms with Crippen LogP contribution >= 0.6 is 11.6 Å². The monoisotopic (exact) mass is 475 g/mol. The normalized spacial score (nSPS) is 19.1. The molecule has 0 bridgehead atoms. The first-order valence-corrected chi connectivity index (χ1v) is 11.3. The van der Waals surface area contributed by atoms with Crippen LogP contribution in [0.3, 0.4) is 0 Å². The van der Waals surface area contributed by atoms with Crippen LogP contribution in [0.4, 0.5) is 0 Å². The molecule has 1 aliphatic rings. The van der Waals surface area contributed by atoms with Gasteiger partial charge >= 0.3 is 5.97 Å². The number of amides is 1. The molecule has 2 aromatic rings. The number of hydrogen-bond donors (Lipinski definition) is 2. The molecule has 1 saturated heterocycles. The lowest BCUT2D eigenvalue weighted by molar-refractivity contribution is -0.134. The minimum absolute atomic E-state index is 0.0323. The topological polar surface area (TPSA) is 96.3 Å². The molecule has 1 fully saturated rings. The van der Waals surface area contributed by atoms with Crippen molar-refractivity contribution in [1.82, 2.24) is 4.90 Å². The lowest BCUT2D eigenvalue weighted by Gasteiger charge is -2.36. The Kier molecular flexibility index (Phi) is 7.74. The van der Waals surface area contributed by atoms with E-state index in [2.05, 4.69) is 13.8 Å². The molecule has 1 amide bonds. The second-order valence-electron chi connectivity index (χ2n) is 8.81. The van der Waals surface area contributed by atoms with Gasteiger partial charge in [-0.2, -0.15) is 0 Å². The van der Waals surface area contributed by atoms with E-state index in [9.17, 15) is 19.8 Å². The molecule has 0 saturated carbocycles. The Morgan fingerprint density at radius 2 is 1.79 bits per heavy atom. The highest BCUT2D eigenvalue weighted by atomic mass is 35.5. The maximum atomic E-state index is 13.4. The summed E-state index contributed by atoms with van der Waals surface area (Å²) in [5.41, 5.74) is 0.995. The van der Waals surface area contributed by atoms with Crippen LogP contribution in [-0.2, 0) is 4.79 Å². The standard InChI is InChI=1S/C25H30ClNO6/c1-14-7-15(2)13-27(12-14)23(29)11-19(16-5-6-18(25(30)31)20(26)8-16)24-21(28)9-17(32-3)10-22(24)33-4/h5-6,8-10,14-15,19,28H,7,11-13H2,1-4H3,(H,30,31). The summed E-state index contributed by atoms with van der Waals surface area (Å²) in [5.74, 6) is -0.281. The van der Waals surface area contributed by atoms with Gasteiger partial charge in [0, 0.05) is 43.1 Å². The van der Waals surface area contributed by atoms with Crippen LogP contribution in [0.25, 0.3) is 0 Å². The number of carbonyl (C=O) groups excluding carboxylic acids is 1. The number of carbonyl (C=O) groups is 2. The van der Waals surface area contributed by atoms with Gasteiger partial charge in [0.25, 0.3) is 0 Å². The Labute approximate surface area is 198 Å². The lowest BCUT2D eigenvalue weighted by atomic mass is 9.85.